The predicted molar refractivity (Wildman–Crippen MR) is 86.4 cm³/mol. The Morgan fingerprint density at radius 2 is 2.00 bits per heavy atom. The molecule has 0 radical (unpaired) electrons. The highest BCUT2D eigenvalue weighted by atomic mass is 32.2. The van der Waals surface area contributed by atoms with E-state index < -0.39 is 0 Å². The van der Waals surface area contributed by atoms with Gasteiger partial charge in [-0.15, -0.1) is 11.8 Å². The van der Waals surface area contributed by atoms with E-state index in [2.05, 4.69) is 10.6 Å². The third kappa shape index (κ3) is 6.27. The van der Waals surface area contributed by atoms with Gasteiger partial charge in [-0.3, -0.25) is 4.79 Å². The standard InChI is InChI=1S/C15H24N2O3S/c1-11(16-2)10-17-15(18)7-8-21-12-5-6-13(19-3)14(9-12)20-4/h5-6,9,11,16H,7-8,10H2,1-4H3,(H,17,18). The second kappa shape index (κ2) is 9.52. The lowest BCUT2D eigenvalue weighted by molar-refractivity contribution is -0.120. The van der Waals surface area contributed by atoms with Crippen LogP contribution in [0.1, 0.15) is 13.3 Å². The molecule has 1 aromatic carbocycles. The zero-order valence-electron chi connectivity index (χ0n) is 13.1. The van der Waals surface area contributed by atoms with Crippen LogP contribution in [-0.4, -0.2) is 45.5 Å². The number of thioether (sulfide) groups is 1. The van der Waals surface area contributed by atoms with Crippen LogP contribution < -0.4 is 20.1 Å². The van der Waals surface area contributed by atoms with Gasteiger partial charge < -0.3 is 20.1 Å². The van der Waals surface area contributed by atoms with Gasteiger partial charge >= 0.3 is 0 Å². The smallest absolute Gasteiger partial charge is 0.220 e. The molecule has 5 nitrogen and oxygen atoms in total. The normalized spacial score (nSPS) is 11.8. The summed E-state index contributed by atoms with van der Waals surface area (Å²) < 4.78 is 10.5. The molecular formula is C15H24N2O3S. The Morgan fingerprint density at radius 3 is 2.62 bits per heavy atom. The molecule has 1 rings (SSSR count). The number of methoxy groups -OCH3 is 2. The van der Waals surface area contributed by atoms with Gasteiger partial charge in [0, 0.05) is 29.7 Å². The molecule has 0 aliphatic carbocycles. The van der Waals surface area contributed by atoms with Gasteiger partial charge in [0.2, 0.25) is 5.91 Å². The topological polar surface area (TPSA) is 59.6 Å². The first kappa shape index (κ1) is 17.7. The zero-order valence-corrected chi connectivity index (χ0v) is 13.9. The summed E-state index contributed by atoms with van der Waals surface area (Å²) in [7, 11) is 5.10. The largest absolute Gasteiger partial charge is 0.493 e. The quantitative estimate of drug-likeness (QED) is 0.682. The van der Waals surface area contributed by atoms with Crippen LogP contribution in [0.2, 0.25) is 0 Å². The van der Waals surface area contributed by atoms with Gasteiger partial charge in [0.15, 0.2) is 11.5 Å². The van der Waals surface area contributed by atoms with Crippen molar-refractivity contribution < 1.29 is 14.3 Å². The first-order valence-corrected chi connectivity index (χ1v) is 7.88. The fourth-order valence-electron chi connectivity index (χ4n) is 1.63. The SMILES string of the molecule is CNC(C)CNC(=O)CCSc1ccc(OC)c(OC)c1. The van der Waals surface area contributed by atoms with Crippen molar-refractivity contribution in [2.75, 3.05) is 33.6 Å². The minimum absolute atomic E-state index is 0.0741. The molecule has 1 unspecified atom stereocenters. The molecule has 1 amide bonds. The molecule has 0 aliphatic rings. The van der Waals surface area contributed by atoms with Crippen molar-refractivity contribution in [1.82, 2.24) is 10.6 Å². The van der Waals surface area contributed by atoms with Crippen molar-refractivity contribution >= 4 is 17.7 Å². The number of nitrogens with one attached hydrogen (secondary N) is 2. The highest BCUT2D eigenvalue weighted by molar-refractivity contribution is 7.99. The fraction of sp³-hybridized carbons (Fsp3) is 0.533. The number of likely N-dealkylation sites (N-methyl/N-ethyl adjacent to an activating group) is 1. The van der Waals surface area contributed by atoms with Crippen LogP contribution in [0.25, 0.3) is 0 Å². The van der Waals surface area contributed by atoms with E-state index in [1.165, 1.54) is 0 Å². The van der Waals surface area contributed by atoms with Gasteiger partial charge in [0.25, 0.3) is 0 Å². The molecule has 0 saturated carbocycles. The summed E-state index contributed by atoms with van der Waals surface area (Å²) in [6.07, 6.45) is 0.495. The minimum Gasteiger partial charge on any atom is -0.493 e. The van der Waals surface area contributed by atoms with Gasteiger partial charge in [0.05, 0.1) is 14.2 Å². The second-order valence-electron chi connectivity index (χ2n) is 4.61. The molecule has 0 aliphatic heterocycles. The van der Waals surface area contributed by atoms with E-state index in [-0.39, 0.29) is 11.9 Å². The van der Waals surface area contributed by atoms with Gasteiger partial charge in [0.1, 0.15) is 0 Å². The molecule has 0 saturated heterocycles. The summed E-state index contributed by atoms with van der Waals surface area (Å²) in [6, 6.07) is 6.04. The van der Waals surface area contributed by atoms with Crippen LogP contribution in [0.4, 0.5) is 0 Å². The number of benzene rings is 1. The minimum atomic E-state index is 0.0741. The molecule has 0 bridgehead atoms. The Hall–Kier alpha value is -1.40. The summed E-state index contributed by atoms with van der Waals surface area (Å²) >= 11 is 1.63. The van der Waals surface area contributed by atoms with Crippen LogP contribution >= 0.6 is 11.8 Å². The highest BCUT2D eigenvalue weighted by Gasteiger charge is 2.07. The Bertz CT molecular complexity index is 455. The third-order valence-corrected chi connectivity index (χ3v) is 4.05. The number of ether oxygens (including phenoxy) is 2. The fourth-order valence-corrected chi connectivity index (χ4v) is 2.50. The van der Waals surface area contributed by atoms with Crippen molar-refractivity contribution in [2.45, 2.75) is 24.3 Å². The van der Waals surface area contributed by atoms with E-state index >= 15 is 0 Å². The Morgan fingerprint density at radius 1 is 1.29 bits per heavy atom. The Kier molecular flexibility index (Phi) is 8.00. The van der Waals surface area contributed by atoms with Crippen molar-refractivity contribution in [2.24, 2.45) is 0 Å². The molecular weight excluding hydrogens is 288 g/mol. The number of amides is 1. The van der Waals surface area contributed by atoms with Crippen LogP contribution in [0, 0.1) is 0 Å². The molecule has 0 aromatic heterocycles. The van der Waals surface area contributed by atoms with Gasteiger partial charge in [-0.25, -0.2) is 0 Å². The Labute approximate surface area is 130 Å². The van der Waals surface area contributed by atoms with Crippen molar-refractivity contribution in [3.63, 3.8) is 0 Å². The zero-order chi connectivity index (χ0) is 15.7. The summed E-state index contributed by atoms with van der Waals surface area (Å²) in [5, 5.41) is 5.98. The number of carbonyl (C=O) groups is 1. The van der Waals surface area contributed by atoms with Crippen molar-refractivity contribution in [1.29, 1.82) is 0 Å². The lowest BCUT2D eigenvalue weighted by atomic mass is 10.3. The maximum atomic E-state index is 11.7. The maximum Gasteiger partial charge on any atom is 0.220 e. The molecule has 1 atom stereocenters. The molecule has 1 aromatic rings. The molecule has 118 valence electrons. The number of carbonyl (C=O) groups excluding carboxylic acids is 1. The number of hydrogen-bond acceptors (Lipinski definition) is 5. The summed E-state index contributed by atoms with van der Waals surface area (Å²) in [5.74, 6) is 2.22. The summed E-state index contributed by atoms with van der Waals surface area (Å²) in [5.41, 5.74) is 0. The van der Waals surface area contributed by atoms with E-state index in [1.54, 1.807) is 26.0 Å². The van der Waals surface area contributed by atoms with Crippen LogP contribution in [0.5, 0.6) is 11.5 Å². The first-order valence-electron chi connectivity index (χ1n) is 6.89. The van der Waals surface area contributed by atoms with Crippen LogP contribution in [-0.2, 0) is 4.79 Å². The second-order valence-corrected chi connectivity index (χ2v) is 5.78. The van der Waals surface area contributed by atoms with Gasteiger partial charge in [-0.05, 0) is 32.2 Å². The molecule has 0 spiro atoms. The molecule has 2 N–H and O–H groups in total. The van der Waals surface area contributed by atoms with Crippen LogP contribution in [0.15, 0.2) is 23.1 Å². The molecule has 6 heteroatoms. The molecule has 0 fully saturated rings. The number of rotatable bonds is 9. The monoisotopic (exact) mass is 312 g/mol. The summed E-state index contributed by atoms with van der Waals surface area (Å²) in [6.45, 7) is 2.68. The van der Waals surface area contributed by atoms with Gasteiger partial charge in [-0.2, -0.15) is 0 Å². The lowest BCUT2D eigenvalue weighted by Gasteiger charge is -2.11. The van der Waals surface area contributed by atoms with E-state index in [9.17, 15) is 4.79 Å². The van der Waals surface area contributed by atoms with Gasteiger partial charge in [-0.1, -0.05) is 0 Å². The van der Waals surface area contributed by atoms with E-state index in [1.807, 2.05) is 32.2 Å². The first-order chi connectivity index (χ1) is 10.1. The third-order valence-electron chi connectivity index (χ3n) is 3.05. The lowest BCUT2D eigenvalue weighted by Crippen LogP contribution is -2.37. The van der Waals surface area contributed by atoms with E-state index in [0.29, 0.717) is 24.5 Å². The van der Waals surface area contributed by atoms with E-state index in [4.69, 9.17) is 9.47 Å². The van der Waals surface area contributed by atoms with E-state index in [0.717, 1.165) is 10.6 Å². The number of hydrogen-bond donors (Lipinski definition) is 2. The average molecular weight is 312 g/mol. The Balaban J connectivity index is 2.37. The summed E-state index contributed by atoms with van der Waals surface area (Å²) in [4.78, 5) is 12.7. The van der Waals surface area contributed by atoms with Crippen molar-refractivity contribution in [3.8, 4) is 11.5 Å². The maximum absolute atomic E-state index is 11.7. The predicted octanol–water partition coefficient (Wildman–Crippen LogP) is 1.91. The average Bonchev–Trinajstić information content (AvgIpc) is 2.52. The highest BCUT2D eigenvalue weighted by Crippen LogP contribution is 2.31. The molecule has 0 heterocycles. The van der Waals surface area contributed by atoms with Crippen LogP contribution in [0.3, 0.4) is 0 Å². The van der Waals surface area contributed by atoms with Crippen molar-refractivity contribution in [3.05, 3.63) is 18.2 Å². The molecule has 21 heavy (non-hydrogen) atoms.